The van der Waals surface area contributed by atoms with Crippen molar-refractivity contribution in [2.45, 2.75) is 31.2 Å². The Bertz CT molecular complexity index is 712. The number of rotatable bonds is 1. The van der Waals surface area contributed by atoms with Gasteiger partial charge in [-0.3, -0.25) is 0 Å². The molecule has 2 aliphatic heterocycles. The molecule has 2 aromatic rings. The lowest BCUT2D eigenvalue weighted by Gasteiger charge is -2.27. The van der Waals surface area contributed by atoms with Gasteiger partial charge in [0.2, 0.25) is 6.79 Å². The van der Waals surface area contributed by atoms with Crippen molar-refractivity contribution in [3.05, 3.63) is 48.0 Å². The van der Waals surface area contributed by atoms with Crippen LogP contribution >= 0.6 is 0 Å². The second-order valence-electron chi connectivity index (χ2n) is 6.07. The summed E-state index contributed by atoms with van der Waals surface area (Å²) in [4.78, 5) is 2.51. The Morgan fingerprint density at radius 2 is 1.86 bits per heavy atom. The predicted molar refractivity (Wildman–Crippen MR) is 81.5 cm³/mol. The molecular weight excluding hydrogens is 262 g/mol. The predicted octanol–water partition coefficient (Wildman–Crippen LogP) is 4.20. The maximum absolute atomic E-state index is 5.55. The molecule has 0 spiro atoms. The van der Waals surface area contributed by atoms with Gasteiger partial charge in [-0.1, -0.05) is 24.6 Å². The molecule has 0 radical (unpaired) electrons. The van der Waals surface area contributed by atoms with Crippen LogP contribution < -0.4 is 14.4 Å². The van der Waals surface area contributed by atoms with Gasteiger partial charge in [0.05, 0.1) is 0 Å². The molecule has 2 atom stereocenters. The van der Waals surface area contributed by atoms with Crippen molar-refractivity contribution in [1.82, 2.24) is 0 Å². The molecular formula is C18H17NO2. The number of benzene rings is 2. The van der Waals surface area contributed by atoms with E-state index in [9.17, 15) is 0 Å². The van der Waals surface area contributed by atoms with Gasteiger partial charge in [-0.15, -0.1) is 0 Å². The van der Waals surface area contributed by atoms with E-state index < -0.39 is 0 Å². The molecule has 0 N–H and O–H groups in total. The average Bonchev–Trinajstić information content (AvgIpc) is 3.21. The van der Waals surface area contributed by atoms with E-state index in [0.717, 1.165) is 11.5 Å². The molecule has 5 rings (SSSR count). The largest absolute Gasteiger partial charge is 0.454 e. The van der Waals surface area contributed by atoms with Crippen molar-refractivity contribution in [2.24, 2.45) is 0 Å². The first-order valence-electron chi connectivity index (χ1n) is 7.69. The minimum Gasteiger partial charge on any atom is -0.454 e. The maximum atomic E-state index is 5.55. The Labute approximate surface area is 124 Å². The Hall–Kier alpha value is -2.16. The van der Waals surface area contributed by atoms with Crippen molar-refractivity contribution in [2.75, 3.05) is 11.7 Å². The summed E-state index contributed by atoms with van der Waals surface area (Å²) < 4.78 is 11.0. The van der Waals surface area contributed by atoms with Gasteiger partial charge in [-0.2, -0.15) is 0 Å². The lowest BCUT2D eigenvalue weighted by atomic mass is 9.98. The van der Waals surface area contributed by atoms with Gasteiger partial charge in [0.15, 0.2) is 11.5 Å². The van der Waals surface area contributed by atoms with E-state index in [2.05, 4.69) is 41.3 Å². The monoisotopic (exact) mass is 279 g/mol. The first-order chi connectivity index (χ1) is 10.4. The van der Waals surface area contributed by atoms with E-state index in [1.54, 1.807) is 0 Å². The molecule has 1 saturated carbocycles. The molecule has 2 unspecified atom stereocenters. The molecule has 0 amide bonds. The van der Waals surface area contributed by atoms with E-state index >= 15 is 0 Å². The lowest BCUT2D eigenvalue weighted by Crippen LogP contribution is -2.26. The van der Waals surface area contributed by atoms with Crippen LogP contribution in [0.15, 0.2) is 42.5 Å². The summed E-state index contributed by atoms with van der Waals surface area (Å²) in [5, 5.41) is 0. The first kappa shape index (κ1) is 11.5. The van der Waals surface area contributed by atoms with Crippen molar-refractivity contribution in [3.8, 4) is 11.5 Å². The Morgan fingerprint density at radius 1 is 0.952 bits per heavy atom. The molecule has 0 bridgehead atoms. The summed E-state index contributed by atoms with van der Waals surface area (Å²) in [6, 6.07) is 15.8. The Balaban J connectivity index is 1.65. The highest BCUT2D eigenvalue weighted by Crippen LogP contribution is 2.52. The standard InChI is InChI=1S/C18H17NO2/c1-2-6-15-13(4-1)14-5-3-7-16(14)19(15)12-8-9-17-18(10-12)21-11-20-17/h1-2,4,6,8-10,14,16H,3,5,7,11H2. The number of ether oxygens (including phenoxy) is 2. The van der Waals surface area contributed by atoms with Crippen LogP contribution in [-0.2, 0) is 0 Å². The van der Waals surface area contributed by atoms with Crippen molar-refractivity contribution in [3.63, 3.8) is 0 Å². The molecule has 1 fully saturated rings. The van der Waals surface area contributed by atoms with Gasteiger partial charge < -0.3 is 14.4 Å². The zero-order valence-corrected chi connectivity index (χ0v) is 11.8. The molecule has 0 aromatic heterocycles. The van der Waals surface area contributed by atoms with Crippen molar-refractivity contribution in [1.29, 1.82) is 0 Å². The summed E-state index contributed by atoms with van der Waals surface area (Å²) in [5.41, 5.74) is 4.10. The summed E-state index contributed by atoms with van der Waals surface area (Å²) in [7, 11) is 0. The third-order valence-electron chi connectivity index (χ3n) is 5.04. The number of para-hydroxylation sites is 1. The van der Waals surface area contributed by atoms with Gasteiger partial charge in [0.25, 0.3) is 0 Å². The molecule has 1 aliphatic carbocycles. The molecule has 2 aromatic carbocycles. The van der Waals surface area contributed by atoms with Crippen LogP contribution in [0.1, 0.15) is 30.7 Å². The van der Waals surface area contributed by atoms with E-state index in [1.165, 1.54) is 36.2 Å². The number of fused-ring (bicyclic) bond motifs is 4. The van der Waals surface area contributed by atoms with Gasteiger partial charge in [0.1, 0.15) is 0 Å². The second-order valence-corrected chi connectivity index (χ2v) is 6.07. The minimum atomic E-state index is 0.335. The highest BCUT2D eigenvalue weighted by atomic mass is 16.7. The van der Waals surface area contributed by atoms with Crippen LogP contribution in [0.25, 0.3) is 0 Å². The highest BCUT2D eigenvalue weighted by Gasteiger charge is 2.42. The van der Waals surface area contributed by atoms with Crippen molar-refractivity contribution >= 4 is 11.4 Å². The fraction of sp³-hybridized carbons (Fsp3) is 0.333. The van der Waals surface area contributed by atoms with E-state index in [0.29, 0.717) is 18.8 Å². The fourth-order valence-electron chi connectivity index (χ4n) is 4.18. The fourth-order valence-corrected chi connectivity index (χ4v) is 4.18. The zero-order valence-electron chi connectivity index (χ0n) is 11.8. The normalized spacial score (nSPS) is 25.0. The van der Waals surface area contributed by atoms with Crippen LogP contribution in [0.4, 0.5) is 11.4 Å². The Morgan fingerprint density at radius 3 is 2.86 bits per heavy atom. The third kappa shape index (κ3) is 1.54. The van der Waals surface area contributed by atoms with Crippen LogP contribution in [0, 0.1) is 0 Å². The lowest BCUT2D eigenvalue weighted by molar-refractivity contribution is 0.174. The van der Waals surface area contributed by atoms with E-state index in [-0.39, 0.29) is 0 Å². The smallest absolute Gasteiger partial charge is 0.231 e. The molecule has 3 aliphatic rings. The van der Waals surface area contributed by atoms with Crippen LogP contribution in [0.5, 0.6) is 11.5 Å². The molecule has 2 heterocycles. The summed E-state index contributed by atoms with van der Waals surface area (Å²) in [6.07, 6.45) is 3.90. The SMILES string of the molecule is c1ccc2c(c1)C1CCCC1N2c1ccc2c(c1)OCO2. The van der Waals surface area contributed by atoms with Crippen LogP contribution in [0.3, 0.4) is 0 Å². The number of hydrogen-bond acceptors (Lipinski definition) is 3. The molecule has 0 saturated heterocycles. The molecule has 21 heavy (non-hydrogen) atoms. The first-order valence-corrected chi connectivity index (χ1v) is 7.69. The molecule has 3 heteroatoms. The highest BCUT2D eigenvalue weighted by molar-refractivity contribution is 5.74. The summed E-state index contributed by atoms with van der Waals surface area (Å²) in [5.74, 6) is 2.41. The quantitative estimate of drug-likeness (QED) is 0.780. The van der Waals surface area contributed by atoms with Gasteiger partial charge in [-0.05, 0) is 36.6 Å². The minimum absolute atomic E-state index is 0.335. The Kier molecular flexibility index (Phi) is 2.28. The number of nitrogens with zero attached hydrogens (tertiary/aromatic N) is 1. The van der Waals surface area contributed by atoms with Gasteiger partial charge in [0, 0.05) is 29.4 Å². The van der Waals surface area contributed by atoms with Crippen LogP contribution in [-0.4, -0.2) is 12.8 Å². The van der Waals surface area contributed by atoms with Crippen LogP contribution in [0.2, 0.25) is 0 Å². The molecule has 3 nitrogen and oxygen atoms in total. The molecule has 106 valence electrons. The topological polar surface area (TPSA) is 21.7 Å². The maximum Gasteiger partial charge on any atom is 0.231 e. The number of hydrogen-bond donors (Lipinski definition) is 0. The summed E-state index contributed by atoms with van der Waals surface area (Å²) in [6.45, 7) is 0.335. The van der Waals surface area contributed by atoms with Gasteiger partial charge >= 0.3 is 0 Å². The van der Waals surface area contributed by atoms with Crippen molar-refractivity contribution < 1.29 is 9.47 Å². The van der Waals surface area contributed by atoms with Gasteiger partial charge in [-0.25, -0.2) is 0 Å². The van der Waals surface area contributed by atoms with E-state index in [4.69, 9.17) is 9.47 Å². The third-order valence-corrected chi connectivity index (χ3v) is 5.04. The zero-order chi connectivity index (χ0) is 13.8. The summed E-state index contributed by atoms with van der Waals surface area (Å²) >= 11 is 0. The van der Waals surface area contributed by atoms with E-state index in [1.807, 2.05) is 6.07 Å². The second kappa shape index (κ2) is 4.17. The number of anilines is 2. The average molecular weight is 279 g/mol.